The molecule has 1 unspecified atom stereocenters. The molecular formula is C24H28ClN3O2S2. The normalized spacial score (nSPS) is 15.9. The van der Waals surface area contributed by atoms with Gasteiger partial charge in [0.1, 0.15) is 5.75 Å². The second-order valence-electron chi connectivity index (χ2n) is 7.88. The van der Waals surface area contributed by atoms with Gasteiger partial charge in [0.15, 0.2) is 0 Å². The molecule has 0 bridgehead atoms. The van der Waals surface area contributed by atoms with Crippen LogP contribution in [0.1, 0.15) is 32.1 Å². The van der Waals surface area contributed by atoms with Gasteiger partial charge in [-0.15, -0.1) is 0 Å². The van der Waals surface area contributed by atoms with Crippen LogP contribution in [0.5, 0.6) is 5.75 Å². The highest BCUT2D eigenvalue weighted by Gasteiger charge is 2.16. The zero-order chi connectivity index (χ0) is 22.3. The molecule has 1 aromatic heterocycles. The number of carbonyl (C=O) groups excluding carboxylic acids is 1. The molecule has 4 rings (SSSR count). The summed E-state index contributed by atoms with van der Waals surface area (Å²) in [6.07, 6.45) is 5.22. The van der Waals surface area contributed by atoms with Crippen LogP contribution in [0, 0.1) is 0 Å². The standard InChI is InChI=1S/C24H28ClN3O2S2/c1-30-17-7-9-21-20(15-17)24(19-8-6-16(25)14-22(19)28-21)27-12-11-26-23(29)5-3-2-4-18-10-13-31-32-18/h6-9,14-15,18H,2-5,10-13H2,1H3,(H,26,29)(H,27,28). The van der Waals surface area contributed by atoms with Crippen molar-refractivity contribution in [1.82, 2.24) is 10.3 Å². The van der Waals surface area contributed by atoms with Crippen LogP contribution in [0.15, 0.2) is 36.4 Å². The zero-order valence-electron chi connectivity index (χ0n) is 18.2. The van der Waals surface area contributed by atoms with Gasteiger partial charge in [-0.3, -0.25) is 4.79 Å². The minimum absolute atomic E-state index is 0.123. The molecular weight excluding hydrogens is 462 g/mol. The van der Waals surface area contributed by atoms with Crippen LogP contribution >= 0.6 is 33.2 Å². The largest absolute Gasteiger partial charge is 0.497 e. The molecule has 0 saturated carbocycles. The van der Waals surface area contributed by atoms with E-state index in [1.165, 1.54) is 18.6 Å². The third-order valence-electron chi connectivity index (χ3n) is 5.60. The predicted octanol–water partition coefficient (Wildman–Crippen LogP) is 6.29. The maximum atomic E-state index is 12.2. The Balaban J connectivity index is 1.34. The second-order valence-corrected chi connectivity index (χ2v) is 11.1. The lowest BCUT2D eigenvalue weighted by atomic mass is 10.1. The number of pyridine rings is 1. The van der Waals surface area contributed by atoms with Gasteiger partial charge in [-0.2, -0.15) is 0 Å². The molecule has 2 N–H and O–H groups in total. The van der Waals surface area contributed by atoms with Gasteiger partial charge in [-0.05, 0) is 55.7 Å². The number of aromatic nitrogens is 1. The maximum Gasteiger partial charge on any atom is 0.220 e. The Hall–Kier alpha value is -1.83. The molecule has 32 heavy (non-hydrogen) atoms. The van der Waals surface area contributed by atoms with Gasteiger partial charge >= 0.3 is 0 Å². The van der Waals surface area contributed by atoms with Crippen molar-refractivity contribution in [2.75, 3.05) is 31.3 Å². The van der Waals surface area contributed by atoms with Crippen LogP contribution < -0.4 is 15.4 Å². The number of methoxy groups -OCH3 is 1. The lowest BCUT2D eigenvalue weighted by Gasteiger charge is -2.15. The topological polar surface area (TPSA) is 63.2 Å². The average molecular weight is 490 g/mol. The third-order valence-corrected chi connectivity index (χ3v) is 8.84. The Bertz CT molecular complexity index is 1090. The molecule has 2 aromatic carbocycles. The highest BCUT2D eigenvalue weighted by molar-refractivity contribution is 8.77. The fraction of sp³-hybridized carbons (Fsp3) is 0.417. The Morgan fingerprint density at radius 2 is 2.06 bits per heavy atom. The number of rotatable bonds is 10. The fourth-order valence-corrected chi connectivity index (χ4v) is 7.11. The second kappa shape index (κ2) is 11.3. The number of carbonyl (C=O) groups is 1. The van der Waals surface area contributed by atoms with E-state index in [2.05, 4.69) is 10.6 Å². The molecule has 3 aromatic rings. The fourth-order valence-electron chi connectivity index (χ4n) is 3.91. The van der Waals surface area contributed by atoms with Crippen LogP contribution in [-0.4, -0.2) is 42.1 Å². The summed E-state index contributed by atoms with van der Waals surface area (Å²) in [6.45, 7) is 1.19. The molecule has 1 saturated heterocycles. The van der Waals surface area contributed by atoms with E-state index in [0.29, 0.717) is 24.5 Å². The van der Waals surface area contributed by atoms with Crippen molar-refractivity contribution in [2.24, 2.45) is 0 Å². The van der Waals surface area contributed by atoms with Gasteiger partial charge in [-0.1, -0.05) is 39.6 Å². The molecule has 170 valence electrons. The summed E-state index contributed by atoms with van der Waals surface area (Å²) in [6, 6.07) is 11.6. The SMILES string of the molecule is COc1ccc2nc3cc(Cl)ccc3c(NCCNC(=O)CCCCC3CCSS3)c2c1. The Morgan fingerprint density at radius 1 is 1.16 bits per heavy atom. The van der Waals surface area contributed by atoms with E-state index in [4.69, 9.17) is 21.3 Å². The van der Waals surface area contributed by atoms with Gasteiger partial charge in [0, 0.05) is 46.3 Å². The molecule has 2 heterocycles. The van der Waals surface area contributed by atoms with E-state index in [1.54, 1.807) is 7.11 Å². The molecule has 1 atom stereocenters. The minimum Gasteiger partial charge on any atom is -0.497 e. The van der Waals surface area contributed by atoms with Crippen LogP contribution in [0.2, 0.25) is 5.02 Å². The van der Waals surface area contributed by atoms with Gasteiger partial charge in [-0.25, -0.2) is 4.98 Å². The quantitative estimate of drug-likeness (QED) is 0.198. The first kappa shape index (κ1) is 23.3. The number of nitrogens with zero attached hydrogens (tertiary/aromatic N) is 1. The Kier molecular flexibility index (Phi) is 8.27. The molecule has 5 nitrogen and oxygen atoms in total. The van der Waals surface area contributed by atoms with E-state index in [1.807, 2.05) is 58.0 Å². The van der Waals surface area contributed by atoms with Crippen molar-refractivity contribution < 1.29 is 9.53 Å². The molecule has 1 aliphatic rings. The Labute approximate surface area is 201 Å². The maximum absolute atomic E-state index is 12.2. The first-order valence-electron chi connectivity index (χ1n) is 11.0. The van der Waals surface area contributed by atoms with Crippen LogP contribution in [0.3, 0.4) is 0 Å². The van der Waals surface area contributed by atoms with Gasteiger partial charge in [0.25, 0.3) is 0 Å². The van der Waals surface area contributed by atoms with Crippen molar-refractivity contribution in [3.63, 3.8) is 0 Å². The lowest BCUT2D eigenvalue weighted by Crippen LogP contribution is -2.28. The number of halogens is 1. The van der Waals surface area contributed by atoms with E-state index < -0.39 is 0 Å². The number of unbranched alkanes of at least 4 members (excludes halogenated alkanes) is 1. The first-order valence-corrected chi connectivity index (χ1v) is 13.8. The summed E-state index contributed by atoms with van der Waals surface area (Å²) in [5.74, 6) is 2.17. The number of hydrogen-bond donors (Lipinski definition) is 2. The van der Waals surface area contributed by atoms with Crippen molar-refractivity contribution in [2.45, 2.75) is 37.4 Å². The monoisotopic (exact) mass is 489 g/mol. The highest BCUT2D eigenvalue weighted by atomic mass is 35.5. The number of anilines is 1. The van der Waals surface area contributed by atoms with Gasteiger partial charge in [0.2, 0.25) is 5.91 Å². The number of benzene rings is 2. The van der Waals surface area contributed by atoms with E-state index >= 15 is 0 Å². The van der Waals surface area contributed by atoms with Crippen molar-refractivity contribution in [3.05, 3.63) is 41.4 Å². The molecule has 0 spiro atoms. The molecule has 0 radical (unpaired) electrons. The smallest absolute Gasteiger partial charge is 0.220 e. The summed E-state index contributed by atoms with van der Waals surface area (Å²) in [5, 5.41) is 9.95. The third kappa shape index (κ3) is 5.94. The van der Waals surface area contributed by atoms with Crippen LogP contribution in [0.4, 0.5) is 5.69 Å². The highest BCUT2D eigenvalue weighted by Crippen LogP contribution is 2.40. The van der Waals surface area contributed by atoms with Gasteiger partial charge in [0.05, 0.1) is 23.8 Å². The van der Waals surface area contributed by atoms with E-state index in [9.17, 15) is 4.79 Å². The summed E-state index contributed by atoms with van der Waals surface area (Å²) in [4.78, 5) is 17.0. The number of ether oxygens (including phenoxy) is 1. The molecule has 1 aliphatic heterocycles. The van der Waals surface area contributed by atoms with Crippen molar-refractivity contribution in [3.8, 4) is 5.75 Å². The lowest BCUT2D eigenvalue weighted by molar-refractivity contribution is -0.121. The summed E-state index contributed by atoms with van der Waals surface area (Å²) >= 11 is 6.19. The summed E-state index contributed by atoms with van der Waals surface area (Å²) in [7, 11) is 5.64. The molecule has 1 fully saturated rings. The first-order chi connectivity index (χ1) is 15.6. The van der Waals surface area contributed by atoms with E-state index in [-0.39, 0.29) is 5.91 Å². The van der Waals surface area contributed by atoms with E-state index in [0.717, 1.165) is 51.3 Å². The number of hydrogen-bond acceptors (Lipinski definition) is 6. The predicted molar refractivity (Wildman–Crippen MR) is 139 cm³/mol. The molecule has 1 amide bonds. The van der Waals surface area contributed by atoms with Crippen LogP contribution in [-0.2, 0) is 4.79 Å². The van der Waals surface area contributed by atoms with Crippen molar-refractivity contribution in [1.29, 1.82) is 0 Å². The Morgan fingerprint density at radius 3 is 2.88 bits per heavy atom. The van der Waals surface area contributed by atoms with Crippen molar-refractivity contribution >= 4 is 66.6 Å². The number of nitrogens with one attached hydrogen (secondary N) is 2. The average Bonchev–Trinajstić information content (AvgIpc) is 3.32. The number of amides is 1. The van der Waals surface area contributed by atoms with Crippen LogP contribution in [0.25, 0.3) is 21.8 Å². The van der Waals surface area contributed by atoms with Gasteiger partial charge < -0.3 is 15.4 Å². The minimum atomic E-state index is 0.123. The molecule has 0 aliphatic carbocycles. The summed E-state index contributed by atoms with van der Waals surface area (Å²) < 4.78 is 5.41. The number of fused-ring (bicyclic) bond motifs is 2. The molecule has 8 heteroatoms. The zero-order valence-corrected chi connectivity index (χ0v) is 20.5. The summed E-state index contributed by atoms with van der Waals surface area (Å²) in [5.41, 5.74) is 2.67.